The summed E-state index contributed by atoms with van der Waals surface area (Å²) in [6.07, 6.45) is 3.62. The van der Waals surface area contributed by atoms with E-state index in [1.54, 1.807) is 11.3 Å². The quantitative estimate of drug-likeness (QED) is 0.830. The molecule has 3 rings (SSSR count). The lowest BCUT2D eigenvalue weighted by atomic mass is 9.90. The lowest BCUT2D eigenvalue weighted by molar-refractivity contribution is -0.898. The number of hydrogen-bond donors (Lipinski definition) is 2. The summed E-state index contributed by atoms with van der Waals surface area (Å²) < 4.78 is 0. The summed E-state index contributed by atoms with van der Waals surface area (Å²) in [5, 5.41) is 5.19. The Hall–Kier alpha value is -1.65. The van der Waals surface area contributed by atoms with E-state index in [-0.39, 0.29) is 11.9 Å². The molecule has 1 aliphatic heterocycles. The highest BCUT2D eigenvalue weighted by molar-refractivity contribution is 7.10. The molecule has 0 unspecified atom stereocenters. The van der Waals surface area contributed by atoms with Crippen LogP contribution < -0.4 is 10.2 Å². The number of likely N-dealkylation sites (tertiary alicyclic amines) is 1. The number of carbonyl (C=O) groups is 1. The summed E-state index contributed by atoms with van der Waals surface area (Å²) in [7, 11) is 0. The number of thiophene rings is 1. The third-order valence-electron chi connectivity index (χ3n) is 4.94. The Balaban J connectivity index is 1.39. The van der Waals surface area contributed by atoms with E-state index in [9.17, 15) is 4.79 Å². The summed E-state index contributed by atoms with van der Waals surface area (Å²) in [6.45, 7) is 4.88. The highest BCUT2D eigenvalue weighted by Gasteiger charge is 2.24. The molecule has 0 radical (unpaired) electrons. The maximum Gasteiger partial charge on any atom is 0.275 e. The Morgan fingerprint density at radius 2 is 1.96 bits per heavy atom. The first-order valence-corrected chi connectivity index (χ1v) is 9.79. The van der Waals surface area contributed by atoms with Gasteiger partial charge in [0.15, 0.2) is 6.54 Å². The van der Waals surface area contributed by atoms with Crippen molar-refractivity contribution in [2.24, 2.45) is 5.92 Å². The summed E-state index contributed by atoms with van der Waals surface area (Å²) in [6, 6.07) is 15.0. The van der Waals surface area contributed by atoms with E-state index in [1.807, 2.05) is 6.07 Å². The largest absolute Gasteiger partial charge is 0.344 e. The fraction of sp³-hybridized carbons (Fsp3) is 0.450. The summed E-state index contributed by atoms with van der Waals surface area (Å²) in [4.78, 5) is 14.9. The zero-order chi connectivity index (χ0) is 16.8. The first kappa shape index (κ1) is 17.2. The fourth-order valence-electron chi connectivity index (χ4n) is 3.54. The van der Waals surface area contributed by atoms with Crippen LogP contribution in [0.3, 0.4) is 0 Å². The maximum absolute atomic E-state index is 12.3. The molecule has 0 spiro atoms. The maximum atomic E-state index is 12.3. The molecule has 128 valence electrons. The van der Waals surface area contributed by atoms with Crippen LogP contribution in [0.2, 0.25) is 0 Å². The standard InChI is InChI=1S/C20H26N2OS/c1-16(19-8-5-13-24-19)21-20(23)15-22-11-9-18(10-12-22)14-17-6-3-2-4-7-17/h2-8,13,16,18H,9-12,14-15H2,1H3,(H,21,23)/p+1/t16-/m1/s1. The van der Waals surface area contributed by atoms with E-state index in [4.69, 9.17) is 0 Å². The number of benzene rings is 1. The minimum absolute atomic E-state index is 0.118. The SMILES string of the molecule is C[C@@H](NC(=O)C[NH+]1CCC(Cc2ccccc2)CC1)c1cccs1. The summed E-state index contributed by atoms with van der Waals surface area (Å²) >= 11 is 1.70. The van der Waals surface area contributed by atoms with Crippen molar-refractivity contribution in [1.82, 2.24) is 5.32 Å². The molecule has 0 bridgehead atoms. The van der Waals surface area contributed by atoms with Crippen molar-refractivity contribution in [3.05, 3.63) is 58.3 Å². The van der Waals surface area contributed by atoms with Gasteiger partial charge >= 0.3 is 0 Å². The van der Waals surface area contributed by atoms with Gasteiger partial charge in [0, 0.05) is 4.88 Å². The third-order valence-corrected chi connectivity index (χ3v) is 5.99. The first-order chi connectivity index (χ1) is 11.7. The number of rotatable bonds is 6. The van der Waals surface area contributed by atoms with Crippen LogP contribution in [0.15, 0.2) is 47.8 Å². The zero-order valence-electron chi connectivity index (χ0n) is 14.3. The Kier molecular flexibility index (Phi) is 6.05. The van der Waals surface area contributed by atoms with Gasteiger partial charge in [-0.1, -0.05) is 36.4 Å². The van der Waals surface area contributed by atoms with Crippen LogP contribution in [0.5, 0.6) is 0 Å². The monoisotopic (exact) mass is 343 g/mol. The number of carbonyl (C=O) groups excluding carboxylic acids is 1. The Bertz CT molecular complexity index is 618. The lowest BCUT2D eigenvalue weighted by Crippen LogP contribution is -3.14. The predicted octanol–water partition coefficient (Wildman–Crippen LogP) is 2.46. The molecule has 1 aromatic heterocycles. The molecule has 4 heteroatoms. The molecular formula is C20H27N2OS+. The second-order valence-corrected chi connectivity index (χ2v) is 7.84. The van der Waals surface area contributed by atoms with Gasteiger partial charge in [-0.05, 0) is 49.1 Å². The van der Waals surface area contributed by atoms with Crippen molar-refractivity contribution in [1.29, 1.82) is 0 Å². The highest BCUT2D eigenvalue weighted by Crippen LogP contribution is 2.18. The molecule has 0 saturated carbocycles. The number of amides is 1. The van der Waals surface area contributed by atoms with Gasteiger partial charge in [-0.15, -0.1) is 11.3 Å². The number of quaternary nitrogens is 1. The van der Waals surface area contributed by atoms with Crippen molar-refractivity contribution in [3.63, 3.8) is 0 Å². The molecule has 1 saturated heterocycles. The zero-order valence-corrected chi connectivity index (χ0v) is 15.1. The smallest absolute Gasteiger partial charge is 0.275 e. The Morgan fingerprint density at radius 3 is 2.62 bits per heavy atom. The van der Waals surface area contributed by atoms with Crippen molar-refractivity contribution in [2.75, 3.05) is 19.6 Å². The van der Waals surface area contributed by atoms with Crippen molar-refractivity contribution < 1.29 is 9.69 Å². The molecule has 3 nitrogen and oxygen atoms in total. The average molecular weight is 344 g/mol. The molecule has 1 atom stereocenters. The van der Waals surface area contributed by atoms with E-state index in [0.29, 0.717) is 6.54 Å². The van der Waals surface area contributed by atoms with Crippen LogP contribution >= 0.6 is 11.3 Å². The highest BCUT2D eigenvalue weighted by atomic mass is 32.1. The van der Waals surface area contributed by atoms with Gasteiger partial charge in [-0.2, -0.15) is 0 Å². The Morgan fingerprint density at radius 1 is 1.21 bits per heavy atom. The van der Waals surface area contributed by atoms with Gasteiger partial charge in [-0.3, -0.25) is 4.79 Å². The minimum atomic E-state index is 0.118. The van der Waals surface area contributed by atoms with E-state index in [2.05, 4.69) is 54.0 Å². The molecule has 1 aromatic carbocycles. The van der Waals surface area contributed by atoms with Crippen LogP contribution in [0, 0.1) is 5.92 Å². The van der Waals surface area contributed by atoms with Gasteiger partial charge in [0.1, 0.15) is 0 Å². The topological polar surface area (TPSA) is 33.5 Å². The molecule has 0 aliphatic carbocycles. The van der Waals surface area contributed by atoms with Gasteiger partial charge in [0.25, 0.3) is 5.91 Å². The molecule has 2 aromatic rings. The van der Waals surface area contributed by atoms with Crippen molar-refractivity contribution >= 4 is 17.2 Å². The van der Waals surface area contributed by atoms with Gasteiger partial charge < -0.3 is 10.2 Å². The predicted molar refractivity (Wildman–Crippen MR) is 99.3 cm³/mol. The first-order valence-electron chi connectivity index (χ1n) is 8.91. The van der Waals surface area contributed by atoms with Gasteiger partial charge in [0.2, 0.25) is 0 Å². The van der Waals surface area contributed by atoms with Crippen LogP contribution in [0.4, 0.5) is 0 Å². The molecular weight excluding hydrogens is 316 g/mol. The lowest BCUT2D eigenvalue weighted by Gasteiger charge is -2.29. The van der Waals surface area contributed by atoms with E-state index in [0.717, 1.165) is 19.0 Å². The molecule has 1 amide bonds. The fourth-order valence-corrected chi connectivity index (χ4v) is 4.28. The second kappa shape index (κ2) is 8.45. The van der Waals surface area contributed by atoms with E-state index < -0.39 is 0 Å². The second-order valence-electron chi connectivity index (χ2n) is 6.86. The summed E-state index contributed by atoms with van der Waals surface area (Å²) in [5.41, 5.74) is 1.44. The Labute approximate surface area is 148 Å². The summed E-state index contributed by atoms with van der Waals surface area (Å²) in [5.74, 6) is 0.941. The van der Waals surface area contributed by atoms with Crippen LogP contribution in [-0.4, -0.2) is 25.5 Å². The van der Waals surface area contributed by atoms with Crippen molar-refractivity contribution in [2.45, 2.75) is 32.2 Å². The molecule has 2 N–H and O–H groups in total. The van der Waals surface area contributed by atoms with Gasteiger partial charge in [-0.25, -0.2) is 0 Å². The normalized spacial score (nSPS) is 22.0. The van der Waals surface area contributed by atoms with E-state index >= 15 is 0 Å². The van der Waals surface area contributed by atoms with Crippen LogP contribution in [-0.2, 0) is 11.2 Å². The number of hydrogen-bond acceptors (Lipinski definition) is 2. The molecule has 24 heavy (non-hydrogen) atoms. The third kappa shape index (κ3) is 4.92. The number of nitrogens with one attached hydrogen (secondary N) is 2. The van der Waals surface area contributed by atoms with Crippen LogP contribution in [0.25, 0.3) is 0 Å². The van der Waals surface area contributed by atoms with Crippen molar-refractivity contribution in [3.8, 4) is 0 Å². The molecule has 1 fully saturated rings. The average Bonchev–Trinajstić information content (AvgIpc) is 3.12. The minimum Gasteiger partial charge on any atom is -0.344 e. The molecule has 1 aliphatic rings. The van der Waals surface area contributed by atoms with Crippen LogP contribution in [0.1, 0.15) is 36.2 Å². The number of piperidine rings is 1. The molecule has 2 heterocycles. The van der Waals surface area contributed by atoms with E-state index in [1.165, 1.54) is 34.6 Å². The van der Waals surface area contributed by atoms with Gasteiger partial charge in [0.05, 0.1) is 19.1 Å².